The molecule has 262 valence electrons. The molecular weight excluding hydrogens is 634 g/mol. The summed E-state index contributed by atoms with van der Waals surface area (Å²) in [5.41, 5.74) is 6.27. The first kappa shape index (κ1) is 39.6. The van der Waals surface area contributed by atoms with E-state index in [-0.39, 0.29) is 11.3 Å². The van der Waals surface area contributed by atoms with Crippen LogP contribution in [-0.2, 0) is 19.2 Å². The largest absolute Gasteiger partial charge is 0.363 e. The molecule has 0 bridgehead atoms. The molecule has 1 aliphatic rings. The molecule has 1 saturated heterocycles. The first-order chi connectivity index (χ1) is 22.4. The summed E-state index contributed by atoms with van der Waals surface area (Å²) in [5, 5.41) is 9.75. The van der Waals surface area contributed by atoms with Crippen LogP contribution in [0.4, 0.5) is 4.79 Å². The van der Waals surface area contributed by atoms with E-state index in [4.69, 9.17) is 5.73 Å². The first-order valence-corrected chi connectivity index (χ1v) is 16.8. The zero-order valence-electron chi connectivity index (χ0n) is 29.1. The van der Waals surface area contributed by atoms with Crippen molar-refractivity contribution in [2.75, 3.05) is 13.1 Å². The zero-order valence-corrected chi connectivity index (χ0v) is 29.9. The summed E-state index contributed by atoms with van der Waals surface area (Å²) in [4.78, 5) is 80.8. The van der Waals surface area contributed by atoms with Gasteiger partial charge in [0.1, 0.15) is 12.1 Å². The Bertz CT molecular complexity index is 1620. The Morgan fingerprint density at radius 1 is 1.08 bits per heavy atom. The SMILES string of the molecule is CC(C)(C)NC(=O)N[C@H](C(=O)N1CCCC1C(=O)NCC(=O)C(N)=O)C(C)(C)C.CCC.O=c1cc(-c2ccccn2)[nH]c2ccsc12. The molecule has 1 unspecified atom stereocenters. The Hall–Kier alpha value is -4.59. The van der Waals surface area contributed by atoms with Gasteiger partial charge in [0.05, 0.1) is 28.1 Å². The number of hydrogen-bond donors (Lipinski definition) is 5. The van der Waals surface area contributed by atoms with Crippen molar-refractivity contribution in [3.05, 3.63) is 52.1 Å². The summed E-state index contributed by atoms with van der Waals surface area (Å²) >= 11 is 1.45. The normalized spacial score (nSPS) is 14.8. The molecule has 4 heterocycles. The Morgan fingerprint density at radius 2 is 1.75 bits per heavy atom. The van der Waals surface area contributed by atoms with Crippen LogP contribution < -0.4 is 27.1 Å². The van der Waals surface area contributed by atoms with Crippen molar-refractivity contribution in [3.63, 3.8) is 0 Å². The minimum absolute atomic E-state index is 0.0457. The molecule has 0 aromatic carbocycles. The van der Waals surface area contributed by atoms with E-state index in [1.165, 1.54) is 22.7 Å². The fraction of sp³-hybridized carbons (Fsp3) is 0.500. The molecule has 0 aliphatic carbocycles. The van der Waals surface area contributed by atoms with Crippen LogP contribution in [0.1, 0.15) is 74.7 Å². The lowest BCUT2D eigenvalue weighted by atomic mass is 9.85. The van der Waals surface area contributed by atoms with Gasteiger partial charge in [0.2, 0.25) is 17.6 Å². The molecule has 4 rings (SSSR count). The lowest BCUT2D eigenvalue weighted by molar-refractivity contribution is -0.142. The van der Waals surface area contributed by atoms with Crippen LogP contribution in [0.25, 0.3) is 21.6 Å². The van der Waals surface area contributed by atoms with Crippen LogP contribution in [0.3, 0.4) is 0 Å². The average Bonchev–Trinajstić information content (AvgIpc) is 3.68. The Labute approximate surface area is 285 Å². The van der Waals surface area contributed by atoms with Crippen molar-refractivity contribution in [1.29, 1.82) is 0 Å². The minimum Gasteiger partial charge on any atom is -0.363 e. The highest BCUT2D eigenvalue weighted by Gasteiger charge is 2.42. The van der Waals surface area contributed by atoms with E-state index in [0.717, 1.165) is 21.6 Å². The van der Waals surface area contributed by atoms with Gasteiger partial charge in [-0.05, 0) is 62.6 Å². The van der Waals surface area contributed by atoms with Gasteiger partial charge in [-0.2, -0.15) is 0 Å². The van der Waals surface area contributed by atoms with Gasteiger partial charge in [-0.15, -0.1) is 11.3 Å². The number of nitrogens with zero attached hydrogens (tertiary/aromatic N) is 2. The molecular formula is C34H49N7O6S. The molecule has 13 nitrogen and oxygen atoms in total. The number of carbonyl (C=O) groups excluding carboxylic acids is 5. The number of pyridine rings is 2. The predicted octanol–water partition coefficient (Wildman–Crippen LogP) is 3.73. The van der Waals surface area contributed by atoms with E-state index in [0.29, 0.717) is 19.4 Å². The quantitative estimate of drug-likeness (QED) is 0.234. The fourth-order valence-corrected chi connectivity index (χ4v) is 5.40. The van der Waals surface area contributed by atoms with Crippen LogP contribution in [0.5, 0.6) is 0 Å². The smallest absolute Gasteiger partial charge is 0.315 e. The highest BCUT2D eigenvalue weighted by atomic mass is 32.1. The molecule has 0 spiro atoms. The number of urea groups is 1. The third-order valence-electron chi connectivity index (χ3n) is 6.79. The lowest BCUT2D eigenvalue weighted by Gasteiger charge is -2.36. The molecule has 5 amide bonds. The minimum atomic E-state index is -1.13. The molecule has 6 N–H and O–H groups in total. The first-order valence-electron chi connectivity index (χ1n) is 15.9. The maximum absolute atomic E-state index is 13.2. The van der Waals surface area contributed by atoms with E-state index in [9.17, 15) is 28.8 Å². The topological polar surface area (TPSA) is 196 Å². The summed E-state index contributed by atoms with van der Waals surface area (Å²) in [5.74, 6) is -2.95. The number of fused-ring (bicyclic) bond motifs is 1. The molecule has 3 aromatic rings. The van der Waals surface area contributed by atoms with Gasteiger partial charge in [0, 0.05) is 24.3 Å². The Balaban J connectivity index is 0.000000348. The van der Waals surface area contributed by atoms with Crippen molar-refractivity contribution < 1.29 is 24.0 Å². The summed E-state index contributed by atoms with van der Waals surface area (Å²) in [6, 6.07) is 7.03. The summed E-state index contributed by atoms with van der Waals surface area (Å²) in [7, 11) is 0. The van der Waals surface area contributed by atoms with Crippen molar-refractivity contribution in [1.82, 2.24) is 30.8 Å². The second-order valence-corrected chi connectivity index (χ2v) is 14.4. The van der Waals surface area contributed by atoms with Crippen LogP contribution >= 0.6 is 11.3 Å². The number of Topliss-reactive ketones (excluding diaryl/α,β-unsaturated/α-hetero) is 1. The number of H-pyrrole nitrogens is 1. The highest BCUT2D eigenvalue weighted by molar-refractivity contribution is 7.17. The summed E-state index contributed by atoms with van der Waals surface area (Å²) in [6.45, 7) is 15.0. The number of nitrogens with two attached hydrogens (primary N) is 1. The maximum atomic E-state index is 13.2. The second-order valence-electron chi connectivity index (χ2n) is 13.5. The Morgan fingerprint density at radius 3 is 2.31 bits per heavy atom. The highest BCUT2D eigenvalue weighted by Crippen LogP contribution is 2.26. The van der Waals surface area contributed by atoms with Gasteiger partial charge in [0.15, 0.2) is 5.43 Å². The molecule has 1 aliphatic heterocycles. The van der Waals surface area contributed by atoms with Crippen LogP contribution in [0.15, 0.2) is 46.7 Å². The van der Waals surface area contributed by atoms with Gasteiger partial charge >= 0.3 is 6.03 Å². The van der Waals surface area contributed by atoms with E-state index < -0.39 is 53.2 Å². The number of hydrogen-bond acceptors (Lipinski definition) is 8. The van der Waals surface area contributed by atoms with E-state index in [2.05, 4.69) is 39.8 Å². The van der Waals surface area contributed by atoms with Crippen LogP contribution in [0, 0.1) is 5.41 Å². The van der Waals surface area contributed by atoms with Gasteiger partial charge in [0.25, 0.3) is 5.91 Å². The second kappa shape index (κ2) is 17.5. The number of primary amides is 1. The average molecular weight is 684 g/mol. The standard InChI is InChI=1S/C19H33N5O5.C12H8N2OS.C3H8/c1-18(2,3)13(22-17(29)23-19(4,5)6)16(28)24-9-7-8-11(24)15(27)21-10-12(25)14(20)26;15-11-7-10(8-3-1-2-5-13-8)14-9-4-6-16-12(9)11;1-3-2/h11,13H,7-10H2,1-6H3,(H2,20,26)(H,21,27)(H2,22,23,29);1-7H,(H,14,15);3H2,1-2H3/t11?,13-;;/m1../s1. The lowest BCUT2D eigenvalue weighted by Crippen LogP contribution is -2.60. The number of likely N-dealkylation sites (tertiary alicyclic amines) is 1. The number of amides is 5. The predicted molar refractivity (Wildman–Crippen MR) is 188 cm³/mol. The van der Waals surface area contributed by atoms with Gasteiger partial charge in [-0.25, -0.2) is 4.79 Å². The number of ketones is 1. The van der Waals surface area contributed by atoms with Crippen molar-refractivity contribution in [2.45, 2.75) is 92.3 Å². The van der Waals surface area contributed by atoms with Crippen molar-refractivity contribution >= 4 is 51.1 Å². The fourth-order valence-electron chi connectivity index (χ4n) is 4.63. The molecule has 3 aromatic heterocycles. The number of carbonyl (C=O) groups is 5. The molecule has 0 saturated carbocycles. The van der Waals surface area contributed by atoms with Gasteiger partial charge in [-0.1, -0.05) is 47.1 Å². The third-order valence-corrected chi connectivity index (χ3v) is 7.72. The van der Waals surface area contributed by atoms with E-state index >= 15 is 0 Å². The summed E-state index contributed by atoms with van der Waals surface area (Å²) < 4.78 is 0.764. The number of nitrogens with one attached hydrogen (secondary N) is 4. The molecule has 48 heavy (non-hydrogen) atoms. The maximum Gasteiger partial charge on any atom is 0.315 e. The van der Waals surface area contributed by atoms with E-state index in [1.807, 2.05) is 71.2 Å². The van der Waals surface area contributed by atoms with Crippen molar-refractivity contribution in [3.8, 4) is 11.4 Å². The zero-order chi connectivity index (χ0) is 36.2. The Kier molecular flexibility index (Phi) is 14.5. The van der Waals surface area contributed by atoms with Crippen molar-refractivity contribution in [2.24, 2.45) is 11.1 Å². The number of aromatic amines is 1. The van der Waals surface area contributed by atoms with Crippen LogP contribution in [-0.4, -0.2) is 75.1 Å². The number of thiophene rings is 1. The van der Waals surface area contributed by atoms with E-state index in [1.54, 1.807) is 12.3 Å². The van der Waals surface area contributed by atoms with Crippen LogP contribution in [0.2, 0.25) is 0 Å². The molecule has 0 radical (unpaired) electrons. The third kappa shape index (κ3) is 11.9. The van der Waals surface area contributed by atoms with Gasteiger partial charge in [-0.3, -0.25) is 29.0 Å². The summed E-state index contributed by atoms with van der Waals surface area (Å²) in [6.07, 6.45) is 4.00. The van der Waals surface area contributed by atoms with Gasteiger partial charge < -0.3 is 31.6 Å². The number of aromatic nitrogens is 2. The monoisotopic (exact) mass is 683 g/mol. The molecule has 2 atom stereocenters. The number of rotatable bonds is 7. The molecule has 1 fully saturated rings. The molecule has 14 heteroatoms.